The molecule has 0 aromatic heterocycles. The quantitative estimate of drug-likeness (QED) is 0.631. The highest BCUT2D eigenvalue weighted by Crippen LogP contribution is 2.16. The van der Waals surface area contributed by atoms with Crippen molar-refractivity contribution in [2.24, 2.45) is 0 Å². The molecular weight excluding hydrogens is 276 g/mol. The molecule has 0 amide bonds. The van der Waals surface area contributed by atoms with Crippen LogP contribution in [-0.2, 0) is 14.8 Å². The summed E-state index contributed by atoms with van der Waals surface area (Å²) in [5.74, 6) is -1.11. The zero-order valence-electron chi connectivity index (χ0n) is 8.95. The van der Waals surface area contributed by atoms with E-state index in [0.717, 1.165) is 5.56 Å². The Kier molecular flexibility index (Phi) is 4.49. The van der Waals surface area contributed by atoms with Crippen molar-refractivity contribution in [2.45, 2.75) is 5.33 Å². The number of methoxy groups -OCH3 is 2. The molecule has 0 N–H and O–H groups in total. The minimum atomic E-state index is -0.554. The van der Waals surface area contributed by atoms with Gasteiger partial charge in [0.25, 0.3) is 0 Å². The zero-order chi connectivity index (χ0) is 12.1. The van der Waals surface area contributed by atoms with Crippen LogP contribution in [0.4, 0.5) is 0 Å². The van der Waals surface area contributed by atoms with Gasteiger partial charge in [-0.25, -0.2) is 9.59 Å². The van der Waals surface area contributed by atoms with Gasteiger partial charge in [-0.2, -0.15) is 0 Å². The predicted molar refractivity (Wildman–Crippen MR) is 61.8 cm³/mol. The van der Waals surface area contributed by atoms with Crippen molar-refractivity contribution in [3.05, 3.63) is 34.9 Å². The summed E-state index contributed by atoms with van der Waals surface area (Å²) in [7, 11) is 2.53. The van der Waals surface area contributed by atoms with Crippen LogP contribution in [0.1, 0.15) is 26.3 Å². The summed E-state index contributed by atoms with van der Waals surface area (Å²) in [5, 5.41) is 0.596. The van der Waals surface area contributed by atoms with Crippen LogP contribution in [0.15, 0.2) is 18.2 Å². The van der Waals surface area contributed by atoms with E-state index in [9.17, 15) is 9.59 Å². The monoisotopic (exact) mass is 286 g/mol. The molecule has 0 aliphatic rings. The molecule has 86 valence electrons. The summed E-state index contributed by atoms with van der Waals surface area (Å²) in [5.41, 5.74) is 1.30. The fraction of sp³-hybridized carbons (Fsp3) is 0.273. The fourth-order valence-corrected chi connectivity index (χ4v) is 1.59. The highest BCUT2D eigenvalue weighted by Gasteiger charge is 2.18. The summed E-state index contributed by atoms with van der Waals surface area (Å²) in [6.45, 7) is 0. The molecule has 1 aromatic rings. The lowest BCUT2D eigenvalue weighted by Gasteiger charge is -2.07. The number of alkyl halides is 1. The van der Waals surface area contributed by atoms with Gasteiger partial charge in [-0.3, -0.25) is 0 Å². The molecule has 4 nitrogen and oxygen atoms in total. The Bertz CT molecular complexity index is 414. The Balaban J connectivity index is 3.26. The van der Waals surface area contributed by atoms with E-state index in [1.807, 2.05) is 0 Å². The van der Waals surface area contributed by atoms with Gasteiger partial charge in [0.05, 0.1) is 25.3 Å². The maximum atomic E-state index is 11.5. The molecule has 0 spiro atoms. The Morgan fingerprint density at radius 1 is 1.12 bits per heavy atom. The van der Waals surface area contributed by atoms with Crippen LogP contribution in [-0.4, -0.2) is 26.2 Å². The molecule has 0 fully saturated rings. The van der Waals surface area contributed by atoms with E-state index in [4.69, 9.17) is 0 Å². The summed E-state index contributed by atoms with van der Waals surface area (Å²) in [4.78, 5) is 22.9. The van der Waals surface area contributed by atoms with E-state index in [1.165, 1.54) is 14.2 Å². The minimum absolute atomic E-state index is 0.207. The third kappa shape index (κ3) is 2.61. The molecule has 0 unspecified atom stereocenters. The van der Waals surface area contributed by atoms with Crippen LogP contribution in [0.25, 0.3) is 0 Å². The number of hydrogen-bond donors (Lipinski definition) is 0. The molecule has 0 atom stereocenters. The third-order valence-corrected chi connectivity index (χ3v) is 2.70. The number of ether oxygens (including phenoxy) is 2. The van der Waals surface area contributed by atoms with Gasteiger partial charge in [-0.15, -0.1) is 0 Å². The van der Waals surface area contributed by atoms with Gasteiger partial charge < -0.3 is 9.47 Å². The standard InChI is InChI=1S/C11H11BrO4/c1-15-10(13)8-4-3-7(6-12)5-9(8)11(14)16-2/h3-5H,6H2,1-2H3. The first-order valence-electron chi connectivity index (χ1n) is 4.49. The number of esters is 2. The van der Waals surface area contributed by atoms with Gasteiger partial charge in [0, 0.05) is 5.33 Å². The van der Waals surface area contributed by atoms with Gasteiger partial charge in [-0.1, -0.05) is 22.0 Å². The van der Waals surface area contributed by atoms with Gasteiger partial charge in [0.1, 0.15) is 0 Å². The SMILES string of the molecule is COC(=O)c1ccc(CBr)cc1C(=O)OC. The second kappa shape index (κ2) is 5.65. The second-order valence-corrected chi connectivity index (χ2v) is 3.56. The summed E-state index contributed by atoms with van der Waals surface area (Å²) >= 11 is 3.27. The van der Waals surface area contributed by atoms with Crippen molar-refractivity contribution in [1.82, 2.24) is 0 Å². The highest BCUT2D eigenvalue weighted by atomic mass is 79.9. The lowest BCUT2D eigenvalue weighted by molar-refractivity contribution is 0.0555. The molecule has 1 rings (SSSR count). The highest BCUT2D eigenvalue weighted by molar-refractivity contribution is 9.08. The summed E-state index contributed by atoms with van der Waals surface area (Å²) < 4.78 is 9.20. The number of benzene rings is 1. The zero-order valence-corrected chi connectivity index (χ0v) is 10.5. The van der Waals surface area contributed by atoms with Crippen molar-refractivity contribution in [3.8, 4) is 0 Å². The third-order valence-electron chi connectivity index (χ3n) is 2.05. The van der Waals surface area contributed by atoms with Crippen molar-refractivity contribution < 1.29 is 19.1 Å². The van der Waals surface area contributed by atoms with Gasteiger partial charge >= 0.3 is 11.9 Å². The number of carbonyl (C=O) groups is 2. The smallest absolute Gasteiger partial charge is 0.338 e. The Labute approximate surface area is 102 Å². The Hall–Kier alpha value is -1.36. The van der Waals surface area contributed by atoms with Crippen LogP contribution in [0.2, 0.25) is 0 Å². The number of halogens is 1. The maximum absolute atomic E-state index is 11.5. The largest absolute Gasteiger partial charge is 0.465 e. The van der Waals surface area contributed by atoms with Crippen molar-refractivity contribution >= 4 is 27.9 Å². The topological polar surface area (TPSA) is 52.6 Å². The second-order valence-electron chi connectivity index (χ2n) is 3.00. The molecule has 0 saturated carbocycles. The number of hydrogen-bond acceptors (Lipinski definition) is 4. The van der Waals surface area contributed by atoms with Crippen molar-refractivity contribution in [2.75, 3.05) is 14.2 Å². The molecule has 0 radical (unpaired) electrons. The van der Waals surface area contributed by atoms with Crippen molar-refractivity contribution in [1.29, 1.82) is 0 Å². The first-order chi connectivity index (χ1) is 7.63. The molecule has 0 saturated heterocycles. The molecule has 0 aliphatic heterocycles. The van der Waals surface area contributed by atoms with Crippen LogP contribution in [0, 0.1) is 0 Å². The van der Waals surface area contributed by atoms with Gasteiger partial charge in [-0.05, 0) is 17.7 Å². The Morgan fingerprint density at radius 2 is 1.69 bits per heavy atom. The molecule has 0 aliphatic carbocycles. The van der Waals surface area contributed by atoms with E-state index in [1.54, 1.807) is 18.2 Å². The predicted octanol–water partition coefficient (Wildman–Crippen LogP) is 2.15. The van der Waals surface area contributed by atoms with Crippen LogP contribution < -0.4 is 0 Å². The molecule has 5 heteroatoms. The summed E-state index contributed by atoms with van der Waals surface area (Å²) in [6, 6.07) is 4.90. The average Bonchev–Trinajstić information content (AvgIpc) is 2.36. The van der Waals surface area contributed by atoms with Crippen LogP contribution in [0.5, 0.6) is 0 Å². The lowest BCUT2D eigenvalue weighted by atomic mass is 10.0. The van der Waals surface area contributed by atoms with Crippen LogP contribution in [0.3, 0.4) is 0 Å². The van der Waals surface area contributed by atoms with Gasteiger partial charge in [0.15, 0.2) is 0 Å². The molecular formula is C11H11BrO4. The normalized spacial score (nSPS) is 9.69. The van der Waals surface area contributed by atoms with E-state index in [2.05, 4.69) is 25.4 Å². The lowest BCUT2D eigenvalue weighted by Crippen LogP contribution is -2.12. The molecule has 16 heavy (non-hydrogen) atoms. The molecule has 0 heterocycles. The van der Waals surface area contributed by atoms with E-state index >= 15 is 0 Å². The first kappa shape index (κ1) is 12.7. The maximum Gasteiger partial charge on any atom is 0.338 e. The summed E-state index contributed by atoms with van der Waals surface area (Å²) in [6.07, 6.45) is 0. The van der Waals surface area contributed by atoms with Crippen molar-refractivity contribution in [3.63, 3.8) is 0 Å². The van der Waals surface area contributed by atoms with E-state index < -0.39 is 11.9 Å². The molecule has 0 bridgehead atoms. The number of carbonyl (C=O) groups excluding carboxylic acids is 2. The van der Waals surface area contributed by atoms with E-state index in [0.29, 0.717) is 5.33 Å². The van der Waals surface area contributed by atoms with E-state index in [-0.39, 0.29) is 11.1 Å². The first-order valence-corrected chi connectivity index (χ1v) is 5.61. The molecule has 1 aromatic carbocycles. The van der Waals surface area contributed by atoms with Gasteiger partial charge in [0.2, 0.25) is 0 Å². The van der Waals surface area contributed by atoms with Crippen LogP contribution >= 0.6 is 15.9 Å². The Morgan fingerprint density at radius 3 is 2.19 bits per heavy atom. The average molecular weight is 287 g/mol. The fourth-order valence-electron chi connectivity index (χ4n) is 1.24. The number of rotatable bonds is 3. The minimum Gasteiger partial charge on any atom is -0.465 e.